The second kappa shape index (κ2) is 14.9. The Kier molecular flexibility index (Phi) is 12.1. The molecule has 0 spiro atoms. The van der Waals surface area contributed by atoms with Crippen LogP contribution in [0.1, 0.15) is 97.2 Å². The minimum atomic E-state index is 0.786. The molecule has 30 heavy (non-hydrogen) atoms. The molecule has 0 saturated carbocycles. The van der Waals surface area contributed by atoms with E-state index in [4.69, 9.17) is 4.74 Å². The lowest BCUT2D eigenvalue weighted by Crippen LogP contribution is -2.00. The maximum atomic E-state index is 5.88. The largest absolute Gasteiger partial charge is 0.494 e. The molecule has 2 aromatic rings. The van der Waals surface area contributed by atoms with Gasteiger partial charge in [0.05, 0.1) is 12.8 Å². The Morgan fingerprint density at radius 3 is 2.27 bits per heavy atom. The summed E-state index contributed by atoms with van der Waals surface area (Å²) < 4.78 is 5.88. The Morgan fingerprint density at radius 2 is 1.57 bits per heavy atom. The average Bonchev–Trinajstić information content (AvgIpc) is 2.79. The summed E-state index contributed by atoms with van der Waals surface area (Å²) in [5.74, 6) is 2.62. The highest BCUT2D eigenvalue weighted by molar-refractivity contribution is 5.58. The number of hydrogen-bond acceptors (Lipinski definition) is 4. The molecule has 0 bridgehead atoms. The van der Waals surface area contributed by atoms with Crippen LogP contribution in [-0.2, 0) is 6.42 Å². The van der Waals surface area contributed by atoms with Crippen molar-refractivity contribution in [3.05, 3.63) is 36.3 Å². The predicted octanol–water partition coefficient (Wildman–Crippen LogP) is 7.43. The molecule has 0 unspecified atom stereocenters. The molecule has 0 N–H and O–H groups in total. The van der Waals surface area contributed by atoms with Gasteiger partial charge in [-0.05, 0) is 43.0 Å². The van der Waals surface area contributed by atoms with Gasteiger partial charge in [0, 0.05) is 12.0 Å². The van der Waals surface area contributed by atoms with Crippen molar-refractivity contribution in [3.63, 3.8) is 0 Å². The lowest BCUT2D eigenvalue weighted by molar-refractivity contribution is 0.302. The molecular weight excluding hydrogens is 370 g/mol. The highest BCUT2D eigenvalue weighted by Crippen LogP contribution is 2.20. The SMILES string of the molecule is CCCCCCCCc1ncc(-c2ccc(OCCCCC[C@@H](C)CC)cc2)nn1. The third kappa shape index (κ3) is 9.69. The monoisotopic (exact) mass is 411 g/mol. The lowest BCUT2D eigenvalue weighted by Gasteiger charge is -2.09. The molecule has 0 aliphatic heterocycles. The zero-order valence-electron chi connectivity index (χ0n) is 19.4. The van der Waals surface area contributed by atoms with Gasteiger partial charge in [-0.25, -0.2) is 4.98 Å². The fourth-order valence-electron chi connectivity index (χ4n) is 3.50. The van der Waals surface area contributed by atoms with E-state index in [1.807, 2.05) is 30.5 Å². The first-order chi connectivity index (χ1) is 14.7. The van der Waals surface area contributed by atoms with E-state index < -0.39 is 0 Å². The number of ether oxygens (including phenoxy) is 1. The van der Waals surface area contributed by atoms with Crippen LogP contribution in [0.4, 0.5) is 0 Å². The first-order valence-corrected chi connectivity index (χ1v) is 12.1. The summed E-state index contributed by atoms with van der Waals surface area (Å²) in [6.07, 6.45) is 16.7. The topological polar surface area (TPSA) is 47.9 Å². The summed E-state index contributed by atoms with van der Waals surface area (Å²) in [5, 5.41) is 8.69. The number of benzene rings is 1. The van der Waals surface area contributed by atoms with Gasteiger partial charge in [-0.2, -0.15) is 0 Å². The van der Waals surface area contributed by atoms with E-state index in [2.05, 4.69) is 36.0 Å². The number of aryl methyl sites for hydroxylation is 1. The second-order valence-corrected chi connectivity index (χ2v) is 8.51. The summed E-state index contributed by atoms with van der Waals surface area (Å²) in [7, 11) is 0. The van der Waals surface area contributed by atoms with E-state index in [0.717, 1.165) is 54.6 Å². The van der Waals surface area contributed by atoms with Crippen molar-refractivity contribution in [2.24, 2.45) is 5.92 Å². The molecule has 0 aliphatic rings. The minimum absolute atomic E-state index is 0.786. The van der Waals surface area contributed by atoms with Crippen LogP contribution in [0, 0.1) is 5.92 Å². The molecule has 1 atom stereocenters. The Hall–Kier alpha value is -1.97. The van der Waals surface area contributed by atoms with Crippen molar-refractivity contribution < 1.29 is 4.74 Å². The van der Waals surface area contributed by atoms with Gasteiger partial charge in [0.15, 0.2) is 5.82 Å². The average molecular weight is 412 g/mol. The van der Waals surface area contributed by atoms with Gasteiger partial charge >= 0.3 is 0 Å². The standard InChI is InChI=1S/C26H41N3O/c1-4-6-7-8-9-12-15-26-27-21-25(28-29-26)23-16-18-24(19-17-23)30-20-13-10-11-14-22(3)5-2/h16-19,21-22H,4-15,20H2,1-3H3/t22-/m0/s1. The van der Waals surface area contributed by atoms with Crippen LogP contribution in [0.15, 0.2) is 30.5 Å². The lowest BCUT2D eigenvalue weighted by atomic mass is 10.0. The van der Waals surface area contributed by atoms with Crippen molar-refractivity contribution in [1.29, 1.82) is 0 Å². The van der Waals surface area contributed by atoms with Gasteiger partial charge < -0.3 is 4.74 Å². The van der Waals surface area contributed by atoms with Crippen molar-refractivity contribution >= 4 is 0 Å². The summed E-state index contributed by atoms with van der Waals surface area (Å²) in [5.41, 5.74) is 1.85. The highest BCUT2D eigenvalue weighted by atomic mass is 16.5. The van der Waals surface area contributed by atoms with E-state index in [1.54, 1.807) is 0 Å². The molecule has 0 radical (unpaired) electrons. The van der Waals surface area contributed by atoms with Crippen molar-refractivity contribution in [3.8, 4) is 17.0 Å². The van der Waals surface area contributed by atoms with E-state index in [-0.39, 0.29) is 0 Å². The molecule has 0 saturated heterocycles. The summed E-state index contributed by atoms with van der Waals surface area (Å²) in [6.45, 7) is 7.64. The second-order valence-electron chi connectivity index (χ2n) is 8.51. The molecule has 0 amide bonds. The molecule has 0 fully saturated rings. The van der Waals surface area contributed by atoms with Crippen LogP contribution in [0.3, 0.4) is 0 Å². The van der Waals surface area contributed by atoms with Crippen LogP contribution in [0.5, 0.6) is 5.75 Å². The van der Waals surface area contributed by atoms with Crippen molar-refractivity contribution in [2.75, 3.05) is 6.61 Å². The zero-order valence-corrected chi connectivity index (χ0v) is 19.4. The van der Waals surface area contributed by atoms with E-state index in [9.17, 15) is 0 Å². The number of hydrogen-bond donors (Lipinski definition) is 0. The summed E-state index contributed by atoms with van der Waals surface area (Å²) in [6, 6.07) is 8.11. The Labute approximate surface area is 183 Å². The molecule has 1 heterocycles. The number of aromatic nitrogens is 3. The summed E-state index contributed by atoms with van der Waals surface area (Å²) >= 11 is 0. The smallest absolute Gasteiger partial charge is 0.150 e. The van der Waals surface area contributed by atoms with Gasteiger partial charge in [0.2, 0.25) is 0 Å². The van der Waals surface area contributed by atoms with Crippen LogP contribution >= 0.6 is 0 Å². The van der Waals surface area contributed by atoms with Crippen molar-refractivity contribution in [2.45, 2.75) is 97.8 Å². The molecule has 4 nitrogen and oxygen atoms in total. The van der Waals surface area contributed by atoms with E-state index in [1.165, 1.54) is 57.8 Å². The first-order valence-electron chi connectivity index (χ1n) is 12.1. The van der Waals surface area contributed by atoms with E-state index in [0.29, 0.717) is 0 Å². The first kappa shape index (κ1) is 24.3. The van der Waals surface area contributed by atoms with Crippen molar-refractivity contribution in [1.82, 2.24) is 15.2 Å². The Bertz CT molecular complexity index is 670. The molecule has 1 aromatic carbocycles. The molecule has 2 rings (SSSR count). The molecular formula is C26H41N3O. The maximum Gasteiger partial charge on any atom is 0.150 e. The molecule has 0 aliphatic carbocycles. The number of rotatable bonds is 16. The van der Waals surface area contributed by atoms with Crippen LogP contribution < -0.4 is 4.74 Å². The van der Waals surface area contributed by atoms with Gasteiger partial charge in [0.1, 0.15) is 11.4 Å². The number of nitrogens with zero attached hydrogens (tertiary/aromatic N) is 3. The summed E-state index contributed by atoms with van der Waals surface area (Å²) in [4.78, 5) is 4.50. The predicted molar refractivity (Wildman–Crippen MR) is 126 cm³/mol. The zero-order chi connectivity index (χ0) is 21.4. The highest BCUT2D eigenvalue weighted by Gasteiger charge is 2.04. The third-order valence-corrected chi connectivity index (χ3v) is 5.82. The minimum Gasteiger partial charge on any atom is -0.494 e. The fraction of sp³-hybridized carbons (Fsp3) is 0.654. The van der Waals surface area contributed by atoms with Crippen LogP contribution in [0.2, 0.25) is 0 Å². The van der Waals surface area contributed by atoms with Gasteiger partial charge in [-0.15, -0.1) is 10.2 Å². The van der Waals surface area contributed by atoms with Gasteiger partial charge in [0.25, 0.3) is 0 Å². The molecule has 4 heteroatoms. The Balaban J connectivity index is 1.67. The van der Waals surface area contributed by atoms with Gasteiger partial charge in [-0.3, -0.25) is 0 Å². The quantitative estimate of drug-likeness (QED) is 0.269. The van der Waals surface area contributed by atoms with E-state index >= 15 is 0 Å². The molecule has 1 aromatic heterocycles. The number of unbranched alkanes of at least 4 members (excludes halogenated alkanes) is 7. The van der Waals surface area contributed by atoms with Crippen LogP contribution in [0.25, 0.3) is 11.3 Å². The Morgan fingerprint density at radius 1 is 0.833 bits per heavy atom. The third-order valence-electron chi connectivity index (χ3n) is 5.82. The van der Waals surface area contributed by atoms with Gasteiger partial charge in [-0.1, -0.05) is 78.6 Å². The molecule has 166 valence electrons. The normalized spacial score (nSPS) is 12.1. The fourth-order valence-corrected chi connectivity index (χ4v) is 3.50. The van der Waals surface area contributed by atoms with Crippen LogP contribution in [-0.4, -0.2) is 21.8 Å². The maximum absolute atomic E-state index is 5.88.